The summed E-state index contributed by atoms with van der Waals surface area (Å²) in [6.45, 7) is 0. The molecule has 182 valence electrons. The van der Waals surface area contributed by atoms with Crippen molar-refractivity contribution in [3.05, 3.63) is 97.2 Å². The summed E-state index contributed by atoms with van der Waals surface area (Å²) in [6, 6.07) is 29.7. The number of fused-ring (bicyclic) bond motifs is 2. The fourth-order valence-electron chi connectivity index (χ4n) is 4.41. The van der Waals surface area contributed by atoms with Gasteiger partial charge < -0.3 is 15.0 Å². The minimum atomic E-state index is -0.112. The lowest BCUT2D eigenvalue weighted by molar-refractivity contribution is -0.113. The van der Waals surface area contributed by atoms with Crippen LogP contribution < -0.4 is 10.1 Å². The molecule has 2 N–H and O–H groups in total. The van der Waals surface area contributed by atoms with Crippen LogP contribution in [-0.2, 0) is 4.79 Å². The molecular weight excluding hydrogens is 482 g/mol. The van der Waals surface area contributed by atoms with Gasteiger partial charge in [-0.3, -0.25) is 9.36 Å². The molecule has 0 fully saturated rings. The van der Waals surface area contributed by atoms with Crippen LogP contribution in [0, 0.1) is 0 Å². The summed E-state index contributed by atoms with van der Waals surface area (Å²) in [5.41, 5.74) is 3.62. The Bertz CT molecular complexity index is 1720. The van der Waals surface area contributed by atoms with E-state index in [4.69, 9.17) is 4.74 Å². The average Bonchev–Trinajstić information content (AvgIpc) is 3.56. The monoisotopic (exact) mass is 505 g/mol. The molecule has 0 unspecified atom stereocenters. The molecule has 7 nitrogen and oxygen atoms in total. The number of nitrogens with one attached hydrogen (secondary N) is 2. The van der Waals surface area contributed by atoms with E-state index in [1.165, 1.54) is 11.8 Å². The molecule has 0 spiro atoms. The number of anilines is 1. The highest BCUT2D eigenvalue weighted by molar-refractivity contribution is 7.99. The normalized spacial score (nSPS) is 11.2. The van der Waals surface area contributed by atoms with Gasteiger partial charge in [0.05, 0.1) is 12.9 Å². The van der Waals surface area contributed by atoms with Gasteiger partial charge in [-0.25, -0.2) is 0 Å². The number of nitrogens with zero attached hydrogens (tertiary/aromatic N) is 3. The number of carbonyl (C=O) groups is 1. The van der Waals surface area contributed by atoms with E-state index < -0.39 is 0 Å². The minimum Gasteiger partial charge on any atom is -0.497 e. The number of aromatic nitrogens is 4. The second-order valence-corrected chi connectivity index (χ2v) is 9.39. The third-order valence-corrected chi connectivity index (χ3v) is 7.12. The van der Waals surface area contributed by atoms with Crippen molar-refractivity contribution in [2.24, 2.45) is 0 Å². The number of hydrogen-bond donors (Lipinski definition) is 2. The van der Waals surface area contributed by atoms with Gasteiger partial charge in [0.15, 0.2) is 11.0 Å². The quantitative estimate of drug-likeness (QED) is 0.249. The Morgan fingerprint density at radius 3 is 2.51 bits per heavy atom. The Balaban J connectivity index is 1.32. The van der Waals surface area contributed by atoms with Crippen LogP contribution in [0.15, 0.2) is 102 Å². The number of thioether (sulfide) groups is 1. The molecule has 4 aromatic carbocycles. The summed E-state index contributed by atoms with van der Waals surface area (Å²) in [7, 11) is 1.64. The molecule has 2 aromatic heterocycles. The zero-order valence-corrected chi connectivity index (χ0v) is 20.8. The van der Waals surface area contributed by atoms with Gasteiger partial charge in [-0.2, -0.15) is 0 Å². The first-order valence-corrected chi connectivity index (χ1v) is 12.8. The number of carbonyl (C=O) groups excluding carboxylic acids is 1. The lowest BCUT2D eigenvalue weighted by atomic mass is 10.1. The number of benzene rings is 4. The molecule has 0 aliphatic rings. The highest BCUT2D eigenvalue weighted by Crippen LogP contribution is 2.33. The van der Waals surface area contributed by atoms with E-state index >= 15 is 0 Å². The van der Waals surface area contributed by atoms with E-state index in [0.29, 0.717) is 11.0 Å². The number of H-pyrrole nitrogens is 1. The van der Waals surface area contributed by atoms with Gasteiger partial charge in [0.1, 0.15) is 5.75 Å². The van der Waals surface area contributed by atoms with Crippen molar-refractivity contribution in [1.82, 2.24) is 19.7 Å². The number of para-hydroxylation sites is 1. The van der Waals surface area contributed by atoms with Crippen LogP contribution in [-0.4, -0.2) is 38.5 Å². The molecule has 1 amide bonds. The Morgan fingerprint density at radius 2 is 1.68 bits per heavy atom. The van der Waals surface area contributed by atoms with Crippen molar-refractivity contribution in [3.8, 4) is 22.8 Å². The topological polar surface area (TPSA) is 84.8 Å². The third-order valence-electron chi connectivity index (χ3n) is 6.19. The fourth-order valence-corrected chi connectivity index (χ4v) is 5.16. The summed E-state index contributed by atoms with van der Waals surface area (Å²) in [5, 5.41) is 15.8. The molecule has 0 radical (unpaired) electrons. The molecule has 8 heteroatoms. The highest BCUT2D eigenvalue weighted by atomic mass is 32.2. The predicted octanol–water partition coefficient (Wildman–Crippen LogP) is 6.31. The fraction of sp³-hybridized carbons (Fsp3) is 0.0690. The van der Waals surface area contributed by atoms with E-state index in [-0.39, 0.29) is 11.7 Å². The van der Waals surface area contributed by atoms with Crippen molar-refractivity contribution in [1.29, 1.82) is 0 Å². The minimum absolute atomic E-state index is 0.112. The van der Waals surface area contributed by atoms with Crippen molar-refractivity contribution >= 4 is 45.0 Å². The first-order valence-electron chi connectivity index (χ1n) is 11.8. The standard InChI is InChI=1S/C29H23N5O2S/c1-36-21-15-13-20(14-16-21)34-28(24-17-30-25-11-5-4-10-23(24)25)32-33-29(34)37-18-27(35)31-26-12-6-8-19-7-2-3-9-22(19)26/h2-17,30H,18H2,1H3,(H,31,35). The van der Waals surface area contributed by atoms with Crippen LogP contribution in [0.4, 0.5) is 5.69 Å². The van der Waals surface area contributed by atoms with Crippen LogP contribution in [0.25, 0.3) is 38.8 Å². The lowest BCUT2D eigenvalue weighted by Crippen LogP contribution is -2.14. The zero-order valence-electron chi connectivity index (χ0n) is 20.0. The zero-order chi connectivity index (χ0) is 25.2. The van der Waals surface area contributed by atoms with E-state index in [9.17, 15) is 4.79 Å². The smallest absolute Gasteiger partial charge is 0.234 e. The van der Waals surface area contributed by atoms with E-state index in [0.717, 1.165) is 44.4 Å². The molecule has 0 bridgehead atoms. The molecule has 0 atom stereocenters. The highest BCUT2D eigenvalue weighted by Gasteiger charge is 2.20. The van der Waals surface area contributed by atoms with Gasteiger partial charge in [0, 0.05) is 39.4 Å². The molecule has 0 saturated heterocycles. The largest absolute Gasteiger partial charge is 0.497 e. The maximum Gasteiger partial charge on any atom is 0.234 e. The number of aromatic amines is 1. The summed E-state index contributed by atoms with van der Waals surface area (Å²) >= 11 is 1.34. The maximum atomic E-state index is 13.0. The van der Waals surface area contributed by atoms with E-state index in [2.05, 4.69) is 26.6 Å². The number of methoxy groups -OCH3 is 1. The molecule has 2 heterocycles. The molecule has 0 aliphatic heterocycles. The van der Waals surface area contributed by atoms with Gasteiger partial charge in [-0.1, -0.05) is 66.4 Å². The van der Waals surface area contributed by atoms with Crippen LogP contribution in [0.2, 0.25) is 0 Å². The molecule has 0 aliphatic carbocycles. The Labute approximate surface area is 217 Å². The van der Waals surface area contributed by atoms with Gasteiger partial charge in [0.2, 0.25) is 5.91 Å². The van der Waals surface area contributed by atoms with Gasteiger partial charge in [-0.05, 0) is 41.8 Å². The second-order valence-electron chi connectivity index (χ2n) is 8.45. The second kappa shape index (κ2) is 9.83. The van der Waals surface area contributed by atoms with Crippen molar-refractivity contribution in [2.45, 2.75) is 5.16 Å². The summed E-state index contributed by atoms with van der Waals surface area (Å²) in [5.74, 6) is 1.53. The van der Waals surface area contributed by atoms with Crippen molar-refractivity contribution < 1.29 is 9.53 Å². The van der Waals surface area contributed by atoms with Crippen molar-refractivity contribution in [3.63, 3.8) is 0 Å². The van der Waals surface area contributed by atoms with Crippen LogP contribution in [0.5, 0.6) is 5.75 Å². The third kappa shape index (κ3) is 4.43. The maximum absolute atomic E-state index is 13.0. The average molecular weight is 506 g/mol. The lowest BCUT2D eigenvalue weighted by Gasteiger charge is -2.11. The number of hydrogen-bond acceptors (Lipinski definition) is 5. The Kier molecular flexibility index (Phi) is 6.08. The Hall–Kier alpha value is -4.56. The van der Waals surface area contributed by atoms with E-state index in [1.54, 1.807) is 7.11 Å². The molecule has 6 aromatic rings. The summed E-state index contributed by atoms with van der Waals surface area (Å²) in [6.07, 6.45) is 1.94. The van der Waals surface area contributed by atoms with E-state index in [1.807, 2.05) is 95.7 Å². The van der Waals surface area contributed by atoms with Gasteiger partial charge in [0.25, 0.3) is 0 Å². The summed E-state index contributed by atoms with van der Waals surface area (Å²) < 4.78 is 7.32. The number of rotatable bonds is 7. The number of ether oxygens (including phenoxy) is 1. The first-order chi connectivity index (χ1) is 18.2. The van der Waals surface area contributed by atoms with Crippen molar-refractivity contribution in [2.75, 3.05) is 18.2 Å². The molecule has 0 saturated carbocycles. The predicted molar refractivity (Wildman–Crippen MR) is 149 cm³/mol. The van der Waals surface area contributed by atoms with Crippen LogP contribution >= 0.6 is 11.8 Å². The Morgan fingerprint density at radius 1 is 0.919 bits per heavy atom. The molecule has 37 heavy (non-hydrogen) atoms. The van der Waals surface area contributed by atoms with Gasteiger partial charge >= 0.3 is 0 Å². The SMILES string of the molecule is COc1ccc(-n2c(SCC(=O)Nc3cccc4ccccc34)nnc2-c2c[nH]c3ccccc23)cc1. The van der Waals surface area contributed by atoms with Gasteiger partial charge in [-0.15, -0.1) is 10.2 Å². The van der Waals surface area contributed by atoms with Crippen LogP contribution in [0.1, 0.15) is 0 Å². The first kappa shape index (κ1) is 22.9. The van der Waals surface area contributed by atoms with Crippen LogP contribution in [0.3, 0.4) is 0 Å². The molecule has 6 rings (SSSR count). The number of amides is 1. The molecular formula is C29H23N5O2S. The summed E-state index contributed by atoms with van der Waals surface area (Å²) in [4.78, 5) is 16.3.